The Morgan fingerprint density at radius 3 is 2.65 bits per heavy atom. The number of carbonyl (C=O) groups is 1. The van der Waals surface area contributed by atoms with Crippen LogP contribution in [-0.2, 0) is 6.54 Å². The van der Waals surface area contributed by atoms with Gasteiger partial charge >= 0.3 is 5.91 Å². The lowest BCUT2D eigenvalue weighted by atomic mass is 10.1. The fourth-order valence-electron chi connectivity index (χ4n) is 1.94. The number of hydrogen-bond acceptors (Lipinski definition) is 4. The van der Waals surface area contributed by atoms with Crippen molar-refractivity contribution in [1.29, 1.82) is 0 Å². The van der Waals surface area contributed by atoms with Crippen LogP contribution in [0.1, 0.15) is 43.0 Å². The van der Waals surface area contributed by atoms with Crippen molar-refractivity contribution in [3.63, 3.8) is 0 Å². The molecular weight excluding hydrogens is 218 g/mol. The third-order valence-electron chi connectivity index (χ3n) is 2.99. The summed E-state index contributed by atoms with van der Waals surface area (Å²) in [5.74, 6) is 5.66. The Labute approximate surface area is 102 Å². The van der Waals surface area contributed by atoms with Gasteiger partial charge in [0.25, 0.3) is 0 Å². The zero-order valence-electron chi connectivity index (χ0n) is 10.7. The second-order valence-corrected chi connectivity index (χ2v) is 4.12. The lowest BCUT2D eigenvalue weighted by molar-refractivity contribution is 0.0921. The summed E-state index contributed by atoms with van der Waals surface area (Å²) in [5, 5.41) is 0. The number of hydrogen-bond donors (Lipinski definition) is 2. The molecule has 0 aromatic carbocycles. The minimum atomic E-state index is -0.401. The fourth-order valence-corrected chi connectivity index (χ4v) is 1.94. The second-order valence-electron chi connectivity index (χ2n) is 4.12. The minimum absolute atomic E-state index is 0.250. The van der Waals surface area contributed by atoms with Crippen molar-refractivity contribution in [1.82, 2.24) is 10.3 Å². The van der Waals surface area contributed by atoms with Crippen LogP contribution in [0.25, 0.3) is 0 Å². The number of amides is 1. The first-order valence-corrected chi connectivity index (χ1v) is 5.92. The predicted molar refractivity (Wildman–Crippen MR) is 66.2 cm³/mol. The SMILES string of the molecule is CCC(CC)N(C)Cc1ccc(C(=O)NN)o1. The maximum absolute atomic E-state index is 11.2. The fraction of sp³-hybridized carbons (Fsp3) is 0.583. The number of furan rings is 1. The van der Waals surface area contributed by atoms with E-state index in [0.29, 0.717) is 12.6 Å². The van der Waals surface area contributed by atoms with Crippen LogP contribution in [0.4, 0.5) is 0 Å². The van der Waals surface area contributed by atoms with Gasteiger partial charge in [-0.1, -0.05) is 13.8 Å². The molecule has 0 radical (unpaired) electrons. The van der Waals surface area contributed by atoms with Gasteiger partial charge in [-0.05, 0) is 32.0 Å². The molecule has 0 aliphatic heterocycles. The maximum Gasteiger partial charge on any atom is 0.300 e. The molecule has 1 heterocycles. The lowest BCUT2D eigenvalue weighted by Gasteiger charge is -2.24. The van der Waals surface area contributed by atoms with Crippen molar-refractivity contribution in [3.05, 3.63) is 23.7 Å². The first kappa shape index (κ1) is 13.7. The van der Waals surface area contributed by atoms with Gasteiger partial charge in [0.15, 0.2) is 5.76 Å². The molecule has 17 heavy (non-hydrogen) atoms. The average Bonchev–Trinajstić information content (AvgIpc) is 2.78. The van der Waals surface area contributed by atoms with Gasteiger partial charge in [0, 0.05) is 6.04 Å². The van der Waals surface area contributed by atoms with Crippen molar-refractivity contribution in [2.24, 2.45) is 5.84 Å². The summed E-state index contributed by atoms with van der Waals surface area (Å²) in [6, 6.07) is 3.98. The molecule has 1 rings (SSSR count). The molecule has 0 spiro atoms. The standard InChI is InChI=1S/C12H21N3O2/c1-4-9(5-2)15(3)8-10-6-7-11(17-10)12(16)14-13/h6-7,9H,4-5,8,13H2,1-3H3,(H,14,16). The minimum Gasteiger partial charge on any atom is -0.455 e. The molecule has 0 atom stereocenters. The van der Waals surface area contributed by atoms with Crippen molar-refractivity contribution in [2.45, 2.75) is 39.3 Å². The van der Waals surface area contributed by atoms with Gasteiger partial charge in [0.2, 0.25) is 0 Å². The van der Waals surface area contributed by atoms with Gasteiger partial charge in [-0.3, -0.25) is 15.1 Å². The number of nitrogen functional groups attached to an aromatic ring is 1. The molecule has 0 unspecified atom stereocenters. The predicted octanol–water partition coefficient (Wildman–Crippen LogP) is 1.50. The van der Waals surface area contributed by atoms with E-state index in [1.54, 1.807) is 6.07 Å². The van der Waals surface area contributed by atoms with E-state index in [0.717, 1.165) is 18.6 Å². The highest BCUT2D eigenvalue weighted by molar-refractivity contribution is 5.90. The number of hydrazine groups is 1. The number of rotatable bonds is 6. The molecule has 0 saturated heterocycles. The Morgan fingerprint density at radius 1 is 1.47 bits per heavy atom. The van der Waals surface area contributed by atoms with Gasteiger partial charge in [-0.15, -0.1) is 0 Å². The zero-order chi connectivity index (χ0) is 12.8. The van der Waals surface area contributed by atoms with E-state index in [-0.39, 0.29) is 5.76 Å². The van der Waals surface area contributed by atoms with Crippen LogP contribution in [0.5, 0.6) is 0 Å². The highest BCUT2D eigenvalue weighted by Gasteiger charge is 2.14. The summed E-state index contributed by atoms with van der Waals surface area (Å²) < 4.78 is 5.41. The monoisotopic (exact) mass is 239 g/mol. The summed E-state index contributed by atoms with van der Waals surface area (Å²) in [7, 11) is 2.06. The third-order valence-corrected chi connectivity index (χ3v) is 2.99. The smallest absolute Gasteiger partial charge is 0.300 e. The van der Waals surface area contributed by atoms with Crippen LogP contribution in [0, 0.1) is 0 Å². The van der Waals surface area contributed by atoms with Gasteiger partial charge in [-0.2, -0.15) is 0 Å². The molecule has 1 aromatic heterocycles. The first-order chi connectivity index (χ1) is 8.12. The maximum atomic E-state index is 11.2. The number of carbonyl (C=O) groups excluding carboxylic acids is 1. The van der Waals surface area contributed by atoms with E-state index in [1.807, 2.05) is 11.5 Å². The first-order valence-electron chi connectivity index (χ1n) is 5.92. The van der Waals surface area contributed by atoms with E-state index < -0.39 is 5.91 Å². The topological polar surface area (TPSA) is 71.5 Å². The van der Waals surface area contributed by atoms with Crippen LogP contribution in [0.15, 0.2) is 16.5 Å². The zero-order valence-corrected chi connectivity index (χ0v) is 10.7. The highest BCUT2D eigenvalue weighted by atomic mass is 16.4. The van der Waals surface area contributed by atoms with Crippen LogP contribution in [0.2, 0.25) is 0 Å². The Kier molecular flexibility index (Phi) is 5.18. The van der Waals surface area contributed by atoms with Crippen LogP contribution >= 0.6 is 0 Å². The molecule has 5 nitrogen and oxygen atoms in total. The Bertz CT molecular complexity index is 358. The van der Waals surface area contributed by atoms with E-state index in [1.165, 1.54) is 0 Å². The van der Waals surface area contributed by atoms with E-state index in [2.05, 4.69) is 25.8 Å². The van der Waals surface area contributed by atoms with Crippen LogP contribution < -0.4 is 11.3 Å². The Balaban J connectivity index is 2.62. The molecule has 96 valence electrons. The van der Waals surface area contributed by atoms with Gasteiger partial charge in [0.05, 0.1) is 6.54 Å². The van der Waals surface area contributed by atoms with E-state index in [4.69, 9.17) is 10.3 Å². The van der Waals surface area contributed by atoms with Crippen molar-refractivity contribution >= 4 is 5.91 Å². The summed E-state index contributed by atoms with van der Waals surface area (Å²) in [6.07, 6.45) is 2.20. The number of nitrogens with two attached hydrogens (primary N) is 1. The van der Waals surface area contributed by atoms with Gasteiger partial charge in [0.1, 0.15) is 5.76 Å². The molecule has 5 heteroatoms. The molecule has 0 bridgehead atoms. The quantitative estimate of drug-likeness (QED) is 0.448. The van der Waals surface area contributed by atoms with Crippen LogP contribution in [0.3, 0.4) is 0 Å². The van der Waals surface area contributed by atoms with Gasteiger partial charge < -0.3 is 4.42 Å². The summed E-state index contributed by atoms with van der Waals surface area (Å²) in [4.78, 5) is 13.4. The van der Waals surface area contributed by atoms with Crippen molar-refractivity contribution in [2.75, 3.05) is 7.05 Å². The molecule has 0 aliphatic rings. The molecule has 1 amide bonds. The molecule has 1 aromatic rings. The lowest BCUT2D eigenvalue weighted by Crippen LogP contribution is -2.30. The second kappa shape index (κ2) is 6.42. The largest absolute Gasteiger partial charge is 0.455 e. The number of nitrogens with zero attached hydrogens (tertiary/aromatic N) is 1. The molecule has 3 N–H and O–H groups in total. The summed E-state index contributed by atoms with van der Waals surface area (Å²) in [6.45, 7) is 5.03. The molecule has 0 fully saturated rings. The Hall–Kier alpha value is -1.33. The van der Waals surface area contributed by atoms with Gasteiger partial charge in [-0.25, -0.2) is 5.84 Å². The molecular formula is C12H21N3O2. The number of nitrogens with one attached hydrogen (secondary N) is 1. The van der Waals surface area contributed by atoms with Crippen LogP contribution in [-0.4, -0.2) is 23.9 Å². The Morgan fingerprint density at radius 2 is 2.12 bits per heavy atom. The summed E-state index contributed by atoms with van der Waals surface area (Å²) >= 11 is 0. The van der Waals surface area contributed by atoms with Crippen molar-refractivity contribution in [3.8, 4) is 0 Å². The molecule has 0 saturated carbocycles. The van der Waals surface area contributed by atoms with E-state index >= 15 is 0 Å². The van der Waals surface area contributed by atoms with E-state index in [9.17, 15) is 4.79 Å². The normalized spacial score (nSPS) is 11.2. The summed E-state index contributed by atoms with van der Waals surface area (Å²) in [5.41, 5.74) is 2.05. The molecule has 0 aliphatic carbocycles. The highest BCUT2D eigenvalue weighted by Crippen LogP contribution is 2.14. The average molecular weight is 239 g/mol. The van der Waals surface area contributed by atoms with Crippen molar-refractivity contribution < 1.29 is 9.21 Å². The third kappa shape index (κ3) is 3.57.